The minimum absolute atomic E-state index is 0.282. The Kier molecular flexibility index (Phi) is 4.46. The van der Waals surface area contributed by atoms with Gasteiger partial charge in [0.05, 0.1) is 6.54 Å². The van der Waals surface area contributed by atoms with Gasteiger partial charge in [0, 0.05) is 30.0 Å². The van der Waals surface area contributed by atoms with Crippen molar-refractivity contribution in [3.63, 3.8) is 0 Å². The maximum Gasteiger partial charge on any atom is 0.178 e. The fourth-order valence-corrected chi connectivity index (χ4v) is 3.11. The van der Waals surface area contributed by atoms with E-state index in [1.165, 1.54) is 12.1 Å². The van der Waals surface area contributed by atoms with Crippen molar-refractivity contribution in [2.45, 2.75) is 47.1 Å². The van der Waals surface area contributed by atoms with E-state index in [2.05, 4.69) is 43.2 Å². The molecule has 1 saturated heterocycles. The molecule has 0 amide bonds. The van der Waals surface area contributed by atoms with Crippen molar-refractivity contribution in [1.29, 1.82) is 0 Å². The maximum absolute atomic E-state index is 12.4. The Labute approximate surface area is 116 Å². The molecular weight excluding hydrogens is 236 g/mol. The fraction of sp³-hybridized carbons (Fsp3) is 0.688. The number of aromatic nitrogens is 1. The van der Waals surface area contributed by atoms with Gasteiger partial charge in [-0.2, -0.15) is 0 Å². The minimum Gasteiger partial charge on any atom is -0.348 e. The van der Waals surface area contributed by atoms with Gasteiger partial charge in [0.2, 0.25) is 0 Å². The van der Waals surface area contributed by atoms with Crippen LogP contribution in [0.1, 0.15) is 48.4 Å². The van der Waals surface area contributed by atoms with Gasteiger partial charge in [-0.15, -0.1) is 0 Å². The molecule has 2 heterocycles. The van der Waals surface area contributed by atoms with Crippen LogP contribution in [-0.4, -0.2) is 34.9 Å². The van der Waals surface area contributed by atoms with Crippen LogP contribution in [0.5, 0.6) is 0 Å². The Morgan fingerprint density at radius 1 is 1.42 bits per heavy atom. The Morgan fingerprint density at radius 2 is 2.16 bits per heavy atom. The average molecular weight is 262 g/mol. The second-order valence-corrected chi connectivity index (χ2v) is 5.99. The Bertz CT molecular complexity index is 462. The SMILES string of the molecule is CCCn1c(C)cc(C(=O)CN2CCC(C)C2)c1C. The number of nitrogens with zero attached hydrogens (tertiary/aromatic N) is 2. The highest BCUT2D eigenvalue weighted by Crippen LogP contribution is 2.19. The van der Waals surface area contributed by atoms with Gasteiger partial charge in [0.15, 0.2) is 5.78 Å². The lowest BCUT2D eigenvalue weighted by atomic mass is 10.1. The van der Waals surface area contributed by atoms with Crippen molar-refractivity contribution in [1.82, 2.24) is 9.47 Å². The number of aryl methyl sites for hydroxylation is 1. The summed E-state index contributed by atoms with van der Waals surface area (Å²) < 4.78 is 2.26. The van der Waals surface area contributed by atoms with E-state index in [9.17, 15) is 4.79 Å². The van der Waals surface area contributed by atoms with Gasteiger partial charge in [-0.3, -0.25) is 9.69 Å². The highest BCUT2D eigenvalue weighted by Gasteiger charge is 2.23. The number of rotatable bonds is 5. The zero-order chi connectivity index (χ0) is 14.0. The van der Waals surface area contributed by atoms with Crippen molar-refractivity contribution in [3.05, 3.63) is 23.0 Å². The summed E-state index contributed by atoms with van der Waals surface area (Å²) in [6, 6.07) is 2.06. The molecule has 0 spiro atoms. The van der Waals surface area contributed by atoms with E-state index >= 15 is 0 Å². The predicted octanol–water partition coefficient (Wildman–Crippen LogP) is 3.04. The molecule has 1 unspecified atom stereocenters. The van der Waals surface area contributed by atoms with E-state index in [0.717, 1.165) is 43.2 Å². The Morgan fingerprint density at radius 3 is 2.74 bits per heavy atom. The van der Waals surface area contributed by atoms with Crippen LogP contribution in [0.3, 0.4) is 0 Å². The first-order valence-corrected chi connectivity index (χ1v) is 7.45. The first-order chi connectivity index (χ1) is 9.02. The number of hydrogen-bond acceptors (Lipinski definition) is 2. The van der Waals surface area contributed by atoms with Crippen molar-refractivity contribution in [3.8, 4) is 0 Å². The third-order valence-electron chi connectivity index (χ3n) is 4.20. The lowest BCUT2D eigenvalue weighted by Crippen LogP contribution is -2.27. The molecule has 106 valence electrons. The van der Waals surface area contributed by atoms with Crippen LogP contribution in [0, 0.1) is 19.8 Å². The summed E-state index contributed by atoms with van der Waals surface area (Å²) >= 11 is 0. The number of Topliss-reactive ketones (excluding diaryl/α,β-unsaturated/α-hetero) is 1. The molecule has 0 bridgehead atoms. The van der Waals surface area contributed by atoms with Gasteiger partial charge in [-0.1, -0.05) is 13.8 Å². The second kappa shape index (κ2) is 5.91. The van der Waals surface area contributed by atoms with E-state index in [4.69, 9.17) is 0 Å². The number of hydrogen-bond donors (Lipinski definition) is 0. The zero-order valence-electron chi connectivity index (χ0n) is 12.7. The van der Waals surface area contributed by atoms with Crippen LogP contribution < -0.4 is 0 Å². The molecule has 1 aromatic heterocycles. The van der Waals surface area contributed by atoms with Crippen LogP contribution in [0.2, 0.25) is 0 Å². The Hall–Kier alpha value is -1.09. The van der Waals surface area contributed by atoms with E-state index in [1.54, 1.807) is 0 Å². The zero-order valence-corrected chi connectivity index (χ0v) is 12.7. The maximum atomic E-state index is 12.4. The topological polar surface area (TPSA) is 25.2 Å². The lowest BCUT2D eigenvalue weighted by molar-refractivity contribution is 0.0943. The molecule has 2 rings (SSSR count). The van der Waals surface area contributed by atoms with Gasteiger partial charge >= 0.3 is 0 Å². The van der Waals surface area contributed by atoms with Crippen LogP contribution in [0.4, 0.5) is 0 Å². The van der Waals surface area contributed by atoms with E-state index in [1.807, 2.05) is 0 Å². The van der Waals surface area contributed by atoms with Gasteiger partial charge in [-0.25, -0.2) is 0 Å². The quantitative estimate of drug-likeness (QED) is 0.762. The molecule has 0 aromatic carbocycles. The first-order valence-electron chi connectivity index (χ1n) is 7.45. The third kappa shape index (κ3) is 3.08. The van der Waals surface area contributed by atoms with Crippen molar-refractivity contribution < 1.29 is 4.79 Å². The number of carbonyl (C=O) groups excluding carboxylic acids is 1. The summed E-state index contributed by atoms with van der Waals surface area (Å²) in [4.78, 5) is 14.7. The highest BCUT2D eigenvalue weighted by atomic mass is 16.1. The number of likely N-dealkylation sites (tertiary alicyclic amines) is 1. The normalized spacial score (nSPS) is 20.1. The molecule has 1 aliphatic heterocycles. The summed E-state index contributed by atoms with van der Waals surface area (Å²) in [5, 5.41) is 0. The fourth-order valence-electron chi connectivity index (χ4n) is 3.11. The Balaban J connectivity index is 2.09. The number of carbonyl (C=O) groups is 1. The molecule has 3 heteroatoms. The molecule has 1 aromatic rings. The van der Waals surface area contributed by atoms with Crippen LogP contribution in [0.15, 0.2) is 6.07 Å². The van der Waals surface area contributed by atoms with E-state index in [-0.39, 0.29) is 5.78 Å². The van der Waals surface area contributed by atoms with Crippen molar-refractivity contribution in [2.24, 2.45) is 5.92 Å². The van der Waals surface area contributed by atoms with Crippen LogP contribution >= 0.6 is 0 Å². The van der Waals surface area contributed by atoms with Crippen molar-refractivity contribution >= 4 is 5.78 Å². The minimum atomic E-state index is 0.282. The molecule has 1 aliphatic rings. The standard InChI is InChI=1S/C16H26N2O/c1-5-7-18-13(3)9-15(14(18)4)16(19)11-17-8-6-12(2)10-17/h9,12H,5-8,10-11H2,1-4H3. The first kappa shape index (κ1) is 14.3. The molecule has 19 heavy (non-hydrogen) atoms. The average Bonchev–Trinajstić information content (AvgIpc) is 2.87. The summed E-state index contributed by atoms with van der Waals surface area (Å²) in [6.45, 7) is 12.3. The molecule has 0 saturated carbocycles. The van der Waals surface area contributed by atoms with Gasteiger partial charge in [0.1, 0.15) is 0 Å². The van der Waals surface area contributed by atoms with Crippen molar-refractivity contribution in [2.75, 3.05) is 19.6 Å². The van der Waals surface area contributed by atoms with Crippen LogP contribution in [-0.2, 0) is 6.54 Å². The summed E-state index contributed by atoms with van der Waals surface area (Å²) in [5.74, 6) is 1.02. The smallest absolute Gasteiger partial charge is 0.178 e. The van der Waals surface area contributed by atoms with Gasteiger partial charge in [0.25, 0.3) is 0 Å². The molecule has 0 N–H and O–H groups in total. The summed E-state index contributed by atoms with van der Waals surface area (Å²) in [7, 11) is 0. The lowest BCUT2D eigenvalue weighted by Gasteiger charge is -2.14. The summed E-state index contributed by atoms with van der Waals surface area (Å²) in [6.07, 6.45) is 2.33. The second-order valence-electron chi connectivity index (χ2n) is 5.99. The van der Waals surface area contributed by atoms with E-state index < -0.39 is 0 Å². The third-order valence-corrected chi connectivity index (χ3v) is 4.20. The molecule has 0 aliphatic carbocycles. The van der Waals surface area contributed by atoms with Gasteiger partial charge < -0.3 is 4.57 Å². The molecule has 3 nitrogen and oxygen atoms in total. The monoisotopic (exact) mass is 262 g/mol. The number of ketones is 1. The molecule has 0 radical (unpaired) electrons. The van der Waals surface area contributed by atoms with Gasteiger partial charge in [-0.05, 0) is 45.2 Å². The largest absolute Gasteiger partial charge is 0.348 e. The predicted molar refractivity (Wildman–Crippen MR) is 78.7 cm³/mol. The molecule has 1 atom stereocenters. The molecule has 1 fully saturated rings. The molecular formula is C16H26N2O. The summed E-state index contributed by atoms with van der Waals surface area (Å²) in [5.41, 5.74) is 3.26. The van der Waals surface area contributed by atoms with Crippen LogP contribution in [0.25, 0.3) is 0 Å². The van der Waals surface area contributed by atoms with E-state index in [0.29, 0.717) is 6.54 Å². The highest BCUT2D eigenvalue weighted by molar-refractivity contribution is 5.99.